The van der Waals surface area contributed by atoms with Crippen molar-refractivity contribution in [2.75, 3.05) is 0 Å². The Hall–Kier alpha value is -0.780. The zero-order valence-electron chi connectivity index (χ0n) is 6.27. The van der Waals surface area contributed by atoms with Crippen LogP contribution in [0, 0.1) is 0 Å². The van der Waals surface area contributed by atoms with Crippen molar-refractivity contribution >= 4 is 5.97 Å². The maximum absolute atomic E-state index is 11.7. The second-order valence-corrected chi connectivity index (χ2v) is 2.43. The van der Waals surface area contributed by atoms with Crippen molar-refractivity contribution in [2.45, 2.75) is 31.5 Å². The predicted molar refractivity (Wildman–Crippen MR) is 35.5 cm³/mol. The van der Waals surface area contributed by atoms with Gasteiger partial charge in [0.25, 0.3) is 0 Å². The second-order valence-electron chi connectivity index (χ2n) is 2.43. The van der Waals surface area contributed by atoms with E-state index in [0.717, 1.165) is 0 Å². The van der Waals surface area contributed by atoms with Crippen molar-refractivity contribution in [3.8, 4) is 0 Å². The maximum atomic E-state index is 11.7. The van der Waals surface area contributed by atoms with Crippen LogP contribution in [0.1, 0.15) is 19.3 Å². The number of hydrogen-bond donors (Lipinski definition) is 2. The molecule has 12 heavy (non-hydrogen) atoms. The molecule has 0 saturated carbocycles. The van der Waals surface area contributed by atoms with Gasteiger partial charge in [-0.15, -0.1) is 0 Å². The molecule has 3 N–H and O–H groups in total. The van der Waals surface area contributed by atoms with Crippen LogP contribution in [0.4, 0.5) is 13.2 Å². The smallest absolute Gasteiger partial charge is 0.403 e. The maximum Gasteiger partial charge on any atom is 0.403 e. The highest BCUT2D eigenvalue weighted by atomic mass is 19.4. The molecule has 0 aromatic heterocycles. The van der Waals surface area contributed by atoms with Crippen LogP contribution in [-0.2, 0) is 4.79 Å². The number of rotatable bonds is 4. The number of hydrogen-bond acceptors (Lipinski definition) is 2. The number of carbonyl (C=O) groups is 1. The number of carboxylic acids is 1. The van der Waals surface area contributed by atoms with Crippen LogP contribution < -0.4 is 5.73 Å². The van der Waals surface area contributed by atoms with E-state index in [2.05, 4.69) is 0 Å². The SMILES string of the molecule is N[C@H](CCCC(=O)O)C(F)(F)F. The summed E-state index contributed by atoms with van der Waals surface area (Å²) in [7, 11) is 0. The van der Waals surface area contributed by atoms with Crippen LogP contribution in [0.5, 0.6) is 0 Å². The Morgan fingerprint density at radius 2 is 2.00 bits per heavy atom. The number of alkyl halides is 3. The molecule has 0 saturated heterocycles. The lowest BCUT2D eigenvalue weighted by Gasteiger charge is -2.14. The Labute approximate surface area is 67.4 Å². The van der Waals surface area contributed by atoms with E-state index in [1.54, 1.807) is 0 Å². The van der Waals surface area contributed by atoms with Crippen molar-refractivity contribution in [3.63, 3.8) is 0 Å². The average molecular weight is 185 g/mol. The van der Waals surface area contributed by atoms with Gasteiger partial charge in [-0.25, -0.2) is 0 Å². The van der Waals surface area contributed by atoms with Gasteiger partial charge < -0.3 is 10.8 Å². The van der Waals surface area contributed by atoms with Crippen molar-refractivity contribution in [3.05, 3.63) is 0 Å². The standard InChI is InChI=1S/C6H10F3NO2/c7-6(8,9)4(10)2-1-3-5(11)12/h4H,1-3,10H2,(H,11,12)/t4-/m1/s1. The minimum absolute atomic E-state index is 0.0456. The van der Waals surface area contributed by atoms with E-state index in [1.807, 2.05) is 0 Å². The number of nitrogens with two attached hydrogens (primary N) is 1. The normalized spacial score (nSPS) is 14.3. The fraction of sp³-hybridized carbons (Fsp3) is 0.833. The minimum Gasteiger partial charge on any atom is -0.481 e. The Morgan fingerprint density at radius 1 is 1.50 bits per heavy atom. The third-order valence-electron chi connectivity index (χ3n) is 1.33. The zero-order chi connectivity index (χ0) is 9.78. The van der Waals surface area contributed by atoms with Gasteiger partial charge in [0.1, 0.15) is 6.04 Å². The molecule has 0 spiro atoms. The van der Waals surface area contributed by atoms with Crippen LogP contribution in [0.3, 0.4) is 0 Å². The molecule has 3 nitrogen and oxygen atoms in total. The van der Waals surface area contributed by atoms with E-state index in [0.29, 0.717) is 0 Å². The summed E-state index contributed by atoms with van der Waals surface area (Å²) >= 11 is 0. The summed E-state index contributed by atoms with van der Waals surface area (Å²) in [6, 6.07) is -1.91. The highest BCUT2D eigenvalue weighted by molar-refractivity contribution is 5.66. The summed E-state index contributed by atoms with van der Waals surface area (Å²) in [6.45, 7) is 0. The molecular formula is C6H10F3NO2. The molecule has 0 bridgehead atoms. The van der Waals surface area contributed by atoms with Crippen molar-refractivity contribution in [2.24, 2.45) is 5.73 Å². The van der Waals surface area contributed by atoms with Gasteiger partial charge in [0.15, 0.2) is 0 Å². The topological polar surface area (TPSA) is 63.3 Å². The highest BCUT2D eigenvalue weighted by Crippen LogP contribution is 2.21. The lowest BCUT2D eigenvalue weighted by Crippen LogP contribution is -2.37. The van der Waals surface area contributed by atoms with Crippen LogP contribution in [0.15, 0.2) is 0 Å². The van der Waals surface area contributed by atoms with E-state index in [4.69, 9.17) is 10.8 Å². The van der Waals surface area contributed by atoms with Gasteiger partial charge in [-0.05, 0) is 12.8 Å². The first-order valence-electron chi connectivity index (χ1n) is 3.38. The molecular weight excluding hydrogens is 175 g/mol. The molecule has 0 amide bonds. The summed E-state index contributed by atoms with van der Waals surface area (Å²) < 4.78 is 35.1. The molecule has 0 heterocycles. The Kier molecular flexibility index (Phi) is 4.02. The molecule has 6 heteroatoms. The third-order valence-corrected chi connectivity index (χ3v) is 1.33. The molecule has 0 aromatic carbocycles. The molecule has 0 radical (unpaired) electrons. The van der Waals surface area contributed by atoms with Gasteiger partial charge in [-0.2, -0.15) is 13.2 Å². The number of aliphatic carboxylic acids is 1. The lowest BCUT2D eigenvalue weighted by atomic mass is 10.1. The third kappa shape index (κ3) is 4.95. The summed E-state index contributed by atoms with van der Waals surface area (Å²) in [5.74, 6) is -1.11. The zero-order valence-corrected chi connectivity index (χ0v) is 6.27. The first kappa shape index (κ1) is 11.2. The first-order valence-corrected chi connectivity index (χ1v) is 3.38. The van der Waals surface area contributed by atoms with Crippen LogP contribution in [0.25, 0.3) is 0 Å². The Morgan fingerprint density at radius 3 is 2.33 bits per heavy atom. The van der Waals surface area contributed by atoms with Crippen molar-refractivity contribution < 1.29 is 23.1 Å². The molecule has 1 atom stereocenters. The van der Waals surface area contributed by atoms with E-state index in [9.17, 15) is 18.0 Å². The van der Waals surface area contributed by atoms with E-state index < -0.39 is 18.2 Å². The monoisotopic (exact) mass is 185 g/mol. The van der Waals surface area contributed by atoms with Gasteiger partial charge in [0.2, 0.25) is 0 Å². The molecule has 0 rings (SSSR count). The molecule has 0 aromatic rings. The predicted octanol–water partition coefficient (Wildman–Crippen LogP) is 1.13. The summed E-state index contributed by atoms with van der Waals surface area (Å²) in [6.07, 6.45) is -5.08. The summed E-state index contributed by atoms with van der Waals surface area (Å²) in [5, 5.41) is 8.11. The molecule has 0 fully saturated rings. The van der Waals surface area contributed by atoms with E-state index >= 15 is 0 Å². The van der Waals surface area contributed by atoms with Gasteiger partial charge in [-0.3, -0.25) is 4.79 Å². The van der Waals surface area contributed by atoms with Crippen molar-refractivity contribution in [1.29, 1.82) is 0 Å². The molecule has 0 aliphatic heterocycles. The Balaban J connectivity index is 3.58. The second kappa shape index (κ2) is 4.30. The highest BCUT2D eigenvalue weighted by Gasteiger charge is 2.35. The summed E-state index contributed by atoms with van der Waals surface area (Å²) in [4.78, 5) is 9.91. The molecule has 72 valence electrons. The van der Waals surface area contributed by atoms with E-state index in [1.165, 1.54) is 0 Å². The summed E-state index contributed by atoms with van der Waals surface area (Å²) in [5.41, 5.74) is 4.72. The van der Waals surface area contributed by atoms with Gasteiger partial charge in [-0.1, -0.05) is 0 Å². The van der Waals surface area contributed by atoms with Crippen LogP contribution in [-0.4, -0.2) is 23.3 Å². The largest absolute Gasteiger partial charge is 0.481 e. The van der Waals surface area contributed by atoms with Crippen LogP contribution >= 0.6 is 0 Å². The Bertz CT molecular complexity index is 157. The fourth-order valence-electron chi connectivity index (χ4n) is 0.637. The first-order chi connectivity index (χ1) is 5.34. The van der Waals surface area contributed by atoms with Crippen LogP contribution in [0.2, 0.25) is 0 Å². The van der Waals surface area contributed by atoms with Gasteiger partial charge >= 0.3 is 12.1 Å². The number of carboxylic acid groups (broad SMARTS) is 1. The molecule has 0 aliphatic carbocycles. The quantitative estimate of drug-likeness (QED) is 0.690. The molecule has 0 aliphatic rings. The minimum atomic E-state index is -4.42. The van der Waals surface area contributed by atoms with Gasteiger partial charge in [0.05, 0.1) is 0 Å². The van der Waals surface area contributed by atoms with Gasteiger partial charge in [0, 0.05) is 6.42 Å². The van der Waals surface area contributed by atoms with E-state index in [-0.39, 0.29) is 19.3 Å². The number of halogens is 3. The lowest BCUT2D eigenvalue weighted by molar-refractivity contribution is -0.150. The molecule has 0 unspecified atom stereocenters. The van der Waals surface area contributed by atoms with Crippen molar-refractivity contribution in [1.82, 2.24) is 0 Å². The average Bonchev–Trinajstić information content (AvgIpc) is 1.84. The fourth-order valence-corrected chi connectivity index (χ4v) is 0.637.